The van der Waals surface area contributed by atoms with Gasteiger partial charge in [-0.05, 0) is 37.6 Å². The average Bonchev–Trinajstić information content (AvgIpc) is 2.92. The number of nitrogens with one attached hydrogen (secondary N) is 1. The van der Waals surface area contributed by atoms with Gasteiger partial charge in [-0.25, -0.2) is 0 Å². The van der Waals surface area contributed by atoms with Crippen molar-refractivity contribution < 1.29 is 5.11 Å². The molecule has 2 unspecified atom stereocenters. The molecule has 0 spiro atoms. The van der Waals surface area contributed by atoms with E-state index in [4.69, 9.17) is 11.6 Å². The minimum atomic E-state index is -0.565. The quantitative estimate of drug-likeness (QED) is 0.861. The van der Waals surface area contributed by atoms with Crippen LogP contribution in [0.4, 0.5) is 0 Å². The number of aliphatic hydroxyl groups is 1. The molecule has 1 heterocycles. The molecule has 0 saturated carbocycles. The van der Waals surface area contributed by atoms with E-state index in [9.17, 15) is 5.11 Å². The van der Waals surface area contributed by atoms with Gasteiger partial charge in [-0.3, -0.25) is 4.68 Å². The Labute approximate surface area is 124 Å². The lowest BCUT2D eigenvalue weighted by atomic mass is 10.0. The first-order valence-corrected chi connectivity index (χ1v) is 7.17. The van der Waals surface area contributed by atoms with Crippen LogP contribution in [-0.2, 0) is 13.1 Å². The van der Waals surface area contributed by atoms with Crippen molar-refractivity contribution in [2.24, 2.45) is 0 Å². The lowest BCUT2D eigenvalue weighted by Gasteiger charge is -2.21. The number of rotatable bonds is 6. The highest BCUT2D eigenvalue weighted by atomic mass is 35.5. The third-order valence-corrected chi connectivity index (χ3v) is 3.65. The summed E-state index contributed by atoms with van der Waals surface area (Å²) in [5.41, 5.74) is 1.97. The summed E-state index contributed by atoms with van der Waals surface area (Å²) in [5, 5.41) is 18.5. The summed E-state index contributed by atoms with van der Waals surface area (Å²) in [6.45, 7) is 5.55. The Hall–Kier alpha value is -1.36. The van der Waals surface area contributed by atoms with Crippen molar-refractivity contribution in [2.75, 3.05) is 0 Å². The molecule has 2 aromatic rings. The van der Waals surface area contributed by atoms with Crippen molar-refractivity contribution in [3.05, 3.63) is 52.8 Å². The van der Waals surface area contributed by atoms with E-state index in [1.807, 2.05) is 29.8 Å². The highest BCUT2D eigenvalue weighted by Gasteiger charge is 2.16. The van der Waals surface area contributed by atoms with Gasteiger partial charge in [-0.15, -0.1) is 0 Å². The molecule has 0 radical (unpaired) electrons. The van der Waals surface area contributed by atoms with Gasteiger partial charge < -0.3 is 10.4 Å². The van der Waals surface area contributed by atoms with Crippen molar-refractivity contribution in [2.45, 2.75) is 39.1 Å². The van der Waals surface area contributed by atoms with E-state index in [1.165, 1.54) is 0 Å². The minimum Gasteiger partial charge on any atom is -0.387 e. The Kier molecular flexibility index (Phi) is 5.17. The fourth-order valence-electron chi connectivity index (χ4n) is 2.12. The van der Waals surface area contributed by atoms with Gasteiger partial charge >= 0.3 is 0 Å². The zero-order valence-corrected chi connectivity index (χ0v) is 12.5. The highest BCUT2D eigenvalue weighted by Crippen LogP contribution is 2.19. The first kappa shape index (κ1) is 15.0. The predicted octanol–water partition coefficient (Wildman–Crippen LogP) is 2.77. The Bertz CT molecular complexity index is 538. The second-order valence-electron chi connectivity index (χ2n) is 4.80. The maximum absolute atomic E-state index is 10.3. The smallest absolute Gasteiger partial charge is 0.0940 e. The van der Waals surface area contributed by atoms with Gasteiger partial charge in [-0.2, -0.15) is 5.10 Å². The first-order valence-electron chi connectivity index (χ1n) is 6.79. The minimum absolute atomic E-state index is 0.0589. The molecule has 0 aliphatic rings. The molecule has 0 fully saturated rings. The van der Waals surface area contributed by atoms with Crippen LogP contribution in [0.5, 0.6) is 0 Å². The molecule has 0 aliphatic carbocycles. The molecule has 0 saturated heterocycles. The zero-order chi connectivity index (χ0) is 14.5. The van der Waals surface area contributed by atoms with E-state index in [1.54, 1.807) is 18.3 Å². The zero-order valence-electron chi connectivity index (χ0n) is 11.8. The number of aryl methyl sites for hydroxylation is 1. The number of halogens is 1. The monoisotopic (exact) mass is 293 g/mol. The summed E-state index contributed by atoms with van der Waals surface area (Å²) >= 11 is 5.85. The second kappa shape index (κ2) is 6.88. The predicted molar refractivity (Wildman–Crippen MR) is 80.6 cm³/mol. The largest absolute Gasteiger partial charge is 0.387 e. The SMILES string of the molecule is CCn1nccc1CNC(C)C(O)c1ccc(Cl)cc1. The first-order chi connectivity index (χ1) is 9.61. The van der Waals surface area contributed by atoms with Gasteiger partial charge in [-0.1, -0.05) is 23.7 Å². The van der Waals surface area contributed by atoms with Crippen LogP contribution >= 0.6 is 11.6 Å². The van der Waals surface area contributed by atoms with Crippen molar-refractivity contribution in [1.82, 2.24) is 15.1 Å². The number of aliphatic hydroxyl groups excluding tert-OH is 1. The fourth-order valence-corrected chi connectivity index (χ4v) is 2.25. The van der Waals surface area contributed by atoms with Crippen molar-refractivity contribution >= 4 is 11.6 Å². The van der Waals surface area contributed by atoms with E-state index in [0.29, 0.717) is 11.6 Å². The summed E-state index contributed by atoms with van der Waals surface area (Å²) in [5.74, 6) is 0. The molecule has 20 heavy (non-hydrogen) atoms. The van der Waals surface area contributed by atoms with Crippen LogP contribution < -0.4 is 5.32 Å². The summed E-state index contributed by atoms with van der Waals surface area (Å²) in [6.07, 6.45) is 1.23. The third kappa shape index (κ3) is 3.60. The Morgan fingerprint density at radius 1 is 1.30 bits per heavy atom. The van der Waals surface area contributed by atoms with Crippen LogP contribution in [0.25, 0.3) is 0 Å². The molecule has 1 aromatic carbocycles. The Balaban J connectivity index is 1.94. The molecule has 5 heteroatoms. The standard InChI is InChI=1S/C15H20ClN3O/c1-3-19-14(8-9-18-19)10-17-11(2)15(20)12-4-6-13(16)7-5-12/h4-9,11,15,17,20H,3,10H2,1-2H3. The van der Waals surface area contributed by atoms with E-state index in [2.05, 4.69) is 17.3 Å². The molecule has 2 N–H and O–H groups in total. The van der Waals surface area contributed by atoms with Crippen molar-refractivity contribution in [1.29, 1.82) is 0 Å². The molecular formula is C15H20ClN3O. The van der Waals surface area contributed by atoms with Crippen molar-refractivity contribution in [3.8, 4) is 0 Å². The van der Waals surface area contributed by atoms with Crippen LogP contribution in [0.3, 0.4) is 0 Å². The molecule has 2 rings (SSSR count). The average molecular weight is 294 g/mol. The van der Waals surface area contributed by atoms with Gasteiger partial charge in [0.1, 0.15) is 0 Å². The van der Waals surface area contributed by atoms with Gasteiger partial charge in [0, 0.05) is 30.4 Å². The summed E-state index contributed by atoms with van der Waals surface area (Å²) in [4.78, 5) is 0. The molecule has 108 valence electrons. The van der Waals surface area contributed by atoms with Crippen LogP contribution in [0.1, 0.15) is 31.2 Å². The highest BCUT2D eigenvalue weighted by molar-refractivity contribution is 6.30. The van der Waals surface area contributed by atoms with E-state index < -0.39 is 6.10 Å². The molecule has 2 atom stereocenters. The van der Waals surface area contributed by atoms with E-state index in [-0.39, 0.29) is 6.04 Å². The maximum atomic E-state index is 10.3. The number of hydrogen-bond acceptors (Lipinski definition) is 3. The molecule has 0 aliphatic heterocycles. The van der Waals surface area contributed by atoms with Gasteiger partial charge in [0.05, 0.1) is 11.8 Å². The number of aromatic nitrogens is 2. The summed E-state index contributed by atoms with van der Waals surface area (Å²) in [7, 11) is 0. The molecule has 0 amide bonds. The number of hydrogen-bond donors (Lipinski definition) is 2. The van der Waals surface area contributed by atoms with Crippen LogP contribution in [0.15, 0.2) is 36.5 Å². The molecule has 1 aromatic heterocycles. The van der Waals surface area contributed by atoms with E-state index in [0.717, 1.165) is 17.8 Å². The van der Waals surface area contributed by atoms with Crippen LogP contribution in [0, 0.1) is 0 Å². The summed E-state index contributed by atoms with van der Waals surface area (Å²) in [6, 6.07) is 9.20. The third-order valence-electron chi connectivity index (χ3n) is 3.39. The number of nitrogens with zero attached hydrogens (tertiary/aromatic N) is 2. The fraction of sp³-hybridized carbons (Fsp3) is 0.400. The molecule has 0 bridgehead atoms. The van der Waals surface area contributed by atoms with Gasteiger partial charge in [0.2, 0.25) is 0 Å². The van der Waals surface area contributed by atoms with Crippen LogP contribution in [0.2, 0.25) is 5.02 Å². The normalized spacial score (nSPS) is 14.2. The summed E-state index contributed by atoms with van der Waals surface area (Å²) < 4.78 is 1.94. The molecular weight excluding hydrogens is 274 g/mol. The number of benzene rings is 1. The molecule has 4 nitrogen and oxygen atoms in total. The maximum Gasteiger partial charge on any atom is 0.0940 e. The lowest BCUT2D eigenvalue weighted by molar-refractivity contribution is 0.135. The Morgan fingerprint density at radius 3 is 2.65 bits per heavy atom. The van der Waals surface area contributed by atoms with Gasteiger partial charge in [0.15, 0.2) is 0 Å². The van der Waals surface area contributed by atoms with E-state index >= 15 is 0 Å². The van der Waals surface area contributed by atoms with Gasteiger partial charge in [0.25, 0.3) is 0 Å². The Morgan fingerprint density at radius 2 is 2.00 bits per heavy atom. The second-order valence-corrected chi connectivity index (χ2v) is 5.24. The topological polar surface area (TPSA) is 50.1 Å². The van der Waals surface area contributed by atoms with Crippen molar-refractivity contribution in [3.63, 3.8) is 0 Å². The van der Waals surface area contributed by atoms with Crippen LogP contribution in [-0.4, -0.2) is 20.9 Å². The lowest BCUT2D eigenvalue weighted by Crippen LogP contribution is -2.32.